The Bertz CT molecular complexity index is 128. The van der Waals surface area contributed by atoms with Gasteiger partial charge in [0.15, 0.2) is 0 Å². The summed E-state index contributed by atoms with van der Waals surface area (Å²) in [6.45, 7) is 3.31. The van der Waals surface area contributed by atoms with E-state index in [2.05, 4.69) is 4.90 Å². The lowest BCUT2D eigenvalue weighted by molar-refractivity contribution is -0.139. The summed E-state index contributed by atoms with van der Waals surface area (Å²) >= 11 is 1.61. The Hall–Kier alpha value is -0.220. The SMILES string of the molecule is CCOC(=O)CSCCN(C)C. The number of ether oxygens (including phenoxy) is 1. The molecule has 0 fully saturated rings. The Balaban J connectivity index is 3.14. The first kappa shape index (κ1) is 11.8. The van der Waals surface area contributed by atoms with E-state index in [1.54, 1.807) is 11.8 Å². The molecule has 0 aromatic rings. The lowest BCUT2D eigenvalue weighted by Gasteiger charge is -2.07. The number of nitrogens with zero attached hydrogens (tertiary/aromatic N) is 1. The van der Waals surface area contributed by atoms with Crippen molar-refractivity contribution >= 4 is 17.7 Å². The zero-order valence-corrected chi connectivity index (χ0v) is 8.82. The molecule has 0 atom stereocenters. The average molecular weight is 191 g/mol. The highest BCUT2D eigenvalue weighted by Gasteiger charge is 2.00. The van der Waals surface area contributed by atoms with Crippen LogP contribution in [0.3, 0.4) is 0 Å². The van der Waals surface area contributed by atoms with Crippen LogP contribution in [-0.4, -0.2) is 49.6 Å². The maximum Gasteiger partial charge on any atom is 0.315 e. The van der Waals surface area contributed by atoms with Crippen molar-refractivity contribution in [3.63, 3.8) is 0 Å². The van der Waals surface area contributed by atoms with Crippen LogP contribution in [0.25, 0.3) is 0 Å². The number of hydrogen-bond donors (Lipinski definition) is 0. The first-order valence-electron chi connectivity index (χ1n) is 4.05. The van der Waals surface area contributed by atoms with Gasteiger partial charge >= 0.3 is 5.97 Å². The largest absolute Gasteiger partial charge is 0.465 e. The second kappa shape index (κ2) is 7.43. The van der Waals surface area contributed by atoms with Gasteiger partial charge in [-0.15, -0.1) is 11.8 Å². The van der Waals surface area contributed by atoms with Crippen molar-refractivity contribution in [2.75, 3.05) is 38.8 Å². The molecule has 0 saturated carbocycles. The molecule has 0 aliphatic heterocycles. The van der Waals surface area contributed by atoms with Crippen LogP contribution in [0.4, 0.5) is 0 Å². The van der Waals surface area contributed by atoms with Crippen LogP contribution in [0.5, 0.6) is 0 Å². The zero-order chi connectivity index (χ0) is 9.40. The maximum atomic E-state index is 10.8. The van der Waals surface area contributed by atoms with Crippen molar-refractivity contribution in [1.29, 1.82) is 0 Å². The van der Waals surface area contributed by atoms with Gasteiger partial charge < -0.3 is 9.64 Å². The number of carbonyl (C=O) groups excluding carboxylic acids is 1. The van der Waals surface area contributed by atoms with E-state index in [0.29, 0.717) is 12.4 Å². The number of rotatable bonds is 6. The normalized spacial score (nSPS) is 10.3. The van der Waals surface area contributed by atoms with E-state index in [4.69, 9.17) is 4.74 Å². The number of thioether (sulfide) groups is 1. The van der Waals surface area contributed by atoms with E-state index in [1.807, 2.05) is 21.0 Å². The lowest BCUT2D eigenvalue weighted by atomic mass is 10.7. The van der Waals surface area contributed by atoms with E-state index in [1.165, 1.54) is 0 Å². The molecule has 0 heterocycles. The van der Waals surface area contributed by atoms with E-state index in [0.717, 1.165) is 12.3 Å². The minimum Gasteiger partial charge on any atom is -0.465 e. The minimum absolute atomic E-state index is 0.110. The van der Waals surface area contributed by atoms with E-state index in [-0.39, 0.29) is 5.97 Å². The molecule has 12 heavy (non-hydrogen) atoms. The number of hydrogen-bond acceptors (Lipinski definition) is 4. The monoisotopic (exact) mass is 191 g/mol. The first-order valence-corrected chi connectivity index (χ1v) is 5.20. The molecule has 0 aromatic heterocycles. The van der Waals surface area contributed by atoms with Crippen LogP contribution in [0.1, 0.15) is 6.92 Å². The fourth-order valence-corrected chi connectivity index (χ4v) is 1.49. The summed E-state index contributed by atoms with van der Waals surface area (Å²) < 4.78 is 4.78. The summed E-state index contributed by atoms with van der Waals surface area (Å²) in [5.41, 5.74) is 0. The lowest BCUT2D eigenvalue weighted by Crippen LogP contribution is -2.16. The Morgan fingerprint density at radius 1 is 1.50 bits per heavy atom. The van der Waals surface area contributed by atoms with Crippen molar-refractivity contribution in [3.8, 4) is 0 Å². The highest BCUT2D eigenvalue weighted by molar-refractivity contribution is 7.99. The van der Waals surface area contributed by atoms with Crippen LogP contribution < -0.4 is 0 Å². The fourth-order valence-electron chi connectivity index (χ4n) is 0.605. The summed E-state index contributed by atoms with van der Waals surface area (Å²) in [6.07, 6.45) is 0. The molecule has 4 heteroatoms. The molecule has 3 nitrogen and oxygen atoms in total. The number of esters is 1. The molecule has 72 valence electrons. The first-order chi connectivity index (χ1) is 5.66. The van der Waals surface area contributed by atoms with Crippen molar-refractivity contribution in [2.24, 2.45) is 0 Å². The molecule has 0 amide bonds. The van der Waals surface area contributed by atoms with Crippen LogP contribution >= 0.6 is 11.8 Å². The fraction of sp³-hybridized carbons (Fsp3) is 0.875. The van der Waals surface area contributed by atoms with Gasteiger partial charge in [-0.3, -0.25) is 4.79 Å². The molecule has 0 unspecified atom stereocenters. The predicted octanol–water partition coefficient (Wildman–Crippen LogP) is 0.844. The summed E-state index contributed by atoms with van der Waals surface area (Å²) in [6, 6.07) is 0. The molecule has 0 bridgehead atoms. The van der Waals surface area contributed by atoms with Gasteiger partial charge in [0.05, 0.1) is 12.4 Å². The second-order valence-electron chi connectivity index (χ2n) is 2.66. The van der Waals surface area contributed by atoms with Crippen LogP contribution in [0.15, 0.2) is 0 Å². The molecule has 0 radical (unpaired) electrons. The highest BCUT2D eigenvalue weighted by atomic mass is 32.2. The van der Waals surface area contributed by atoms with Gasteiger partial charge in [-0.1, -0.05) is 0 Å². The molecule has 0 aromatic carbocycles. The van der Waals surface area contributed by atoms with Crippen LogP contribution in [0.2, 0.25) is 0 Å². The van der Waals surface area contributed by atoms with Crippen LogP contribution in [0, 0.1) is 0 Å². The van der Waals surface area contributed by atoms with Gasteiger partial charge in [0.2, 0.25) is 0 Å². The standard InChI is InChI=1S/C8H17NO2S/c1-4-11-8(10)7-12-6-5-9(2)3/h4-7H2,1-3H3. The van der Waals surface area contributed by atoms with Gasteiger partial charge in [0.1, 0.15) is 0 Å². The van der Waals surface area contributed by atoms with E-state index < -0.39 is 0 Å². The van der Waals surface area contributed by atoms with Crippen molar-refractivity contribution in [3.05, 3.63) is 0 Å². The zero-order valence-electron chi connectivity index (χ0n) is 8.00. The molecular weight excluding hydrogens is 174 g/mol. The smallest absolute Gasteiger partial charge is 0.315 e. The Kier molecular flexibility index (Phi) is 7.29. The van der Waals surface area contributed by atoms with Crippen molar-refractivity contribution < 1.29 is 9.53 Å². The summed E-state index contributed by atoms with van der Waals surface area (Å²) in [7, 11) is 4.04. The molecule has 0 N–H and O–H groups in total. The van der Waals surface area contributed by atoms with Gasteiger partial charge in [0.25, 0.3) is 0 Å². The molecule has 0 saturated heterocycles. The molecule has 0 aliphatic rings. The van der Waals surface area contributed by atoms with Gasteiger partial charge in [-0.05, 0) is 21.0 Å². The van der Waals surface area contributed by atoms with Gasteiger partial charge in [-0.25, -0.2) is 0 Å². The maximum absolute atomic E-state index is 10.8. The summed E-state index contributed by atoms with van der Waals surface area (Å²) in [5.74, 6) is 1.34. The van der Waals surface area contributed by atoms with E-state index >= 15 is 0 Å². The third-order valence-corrected chi connectivity index (χ3v) is 2.12. The van der Waals surface area contributed by atoms with Crippen molar-refractivity contribution in [1.82, 2.24) is 4.90 Å². The Labute approximate surface area is 78.5 Å². The second-order valence-corrected chi connectivity index (χ2v) is 3.77. The molecule has 0 rings (SSSR count). The predicted molar refractivity (Wildman–Crippen MR) is 52.5 cm³/mol. The molecule has 0 spiro atoms. The summed E-state index contributed by atoms with van der Waals surface area (Å²) in [5, 5.41) is 0. The highest BCUT2D eigenvalue weighted by Crippen LogP contribution is 2.00. The van der Waals surface area contributed by atoms with Crippen molar-refractivity contribution in [2.45, 2.75) is 6.92 Å². The Morgan fingerprint density at radius 3 is 2.67 bits per heavy atom. The van der Waals surface area contributed by atoms with Gasteiger partial charge in [-0.2, -0.15) is 0 Å². The van der Waals surface area contributed by atoms with E-state index in [9.17, 15) is 4.79 Å². The molecular formula is C8H17NO2S. The average Bonchev–Trinajstić information content (AvgIpc) is 1.98. The Morgan fingerprint density at radius 2 is 2.17 bits per heavy atom. The quantitative estimate of drug-likeness (QED) is 0.460. The van der Waals surface area contributed by atoms with Crippen LogP contribution in [-0.2, 0) is 9.53 Å². The minimum atomic E-state index is -0.110. The van der Waals surface area contributed by atoms with Gasteiger partial charge in [0, 0.05) is 12.3 Å². The summed E-state index contributed by atoms with van der Waals surface area (Å²) in [4.78, 5) is 12.9. The third-order valence-electron chi connectivity index (χ3n) is 1.21. The number of carbonyl (C=O) groups is 1. The third kappa shape index (κ3) is 7.88. The topological polar surface area (TPSA) is 29.5 Å². The molecule has 0 aliphatic carbocycles.